The first-order valence-electron chi connectivity index (χ1n) is 6.54. The Bertz CT molecular complexity index is 397. The Morgan fingerprint density at radius 3 is 2.50 bits per heavy atom. The molecule has 1 aromatic carbocycles. The average Bonchev–Trinajstić information content (AvgIpc) is 2.53. The van der Waals surface area contributed by atoms with Crippen molar-refractivity contribution in [1.29, 1.82) is 0 Å². The molecule has 1 unspecified atom stereocenters. The van der Waals surface area contributed by atoms with Gasteiger partial charge in [-0.15, -0.1) is 0 Å². The Hall–Kier alpha value is -1.16. The fourth-order valence-corrected chi connectivity index (χ4v) is 2.52. The van der Waals surface area contributed by atoms with Gasteiger partial charge in [0.15, 0.2) is 0 Å². The lowest BCUT2D eigenvalue weighted by molar-refractivity contribution is 0.519. The molecule has 0 saturated carbocycles. The van der Waals surface area contributed by atoms with Crippen molar-refractivity contribution in [1.82, 2.24) is 0 Å². The summed E-state index contributed by atoms with van der Waals surface area (Å²) in [7, 11) is 0. The molecule has 0 bridgehead atoms. The number of halogens is 2. The molecular formula is C14H20F2N2. The van der Waals surface area contributed by atoms with Gasteiger partial charge in [-0.3, -0.25) is 0 Å². The highest BCUT2D eigenvalue weighted by molar-refractivity contribution is 5.50. The number of rotatable bonds is 2. The second kappa shape index (κ2) is 5.65. The van der Waals surface area contributed by atoms with E-state index in [2.05, 4.69) is 6.92 Å². The zero-order chi connectivity index (χ0) is 13.1. The van der Waals surface area contributed by atoms with E-state index < -0.39 is 11.6 Å². The zero-order valence-electron chi connectivity index (χ0n) is 10.8. The van der Waals surface area contributed by atoms with Crippen molar-refractivity contribution in [2.75, 3.05) is 18.0 Å². The zero-order valence-corrected chi connectivity index (χ0v) is 10.8. The third kappa shape index (κ3) is 2.80. The predicted octanol–water partition coefficient (Wildman–Crippen LogP) is 3.05. The first-order chi connectivity index (χ1) is 8.61. The molecule has 1 atom stereocenters. The third-order valence-corrected chi connectivity index (χ3v) is 3.65. The van der Waals surface area contributed by atoms with E-state index >= 15 is 0 Å². The molecule has 0 amide bonds. The van der Waals surface area contributed by atoms with Gasteiger partial charge in [-0.1, -0.05) is 6.92 Å². The molecule has 1 aliphatic heterocycles. The first-order valence-corrected chi connectivity index (χ1v) is 6.54. The quantitative estimate of drug-likeness (QED) is 0.879. The van der Waals surface area contributed by atoms with E-state index in [1.807, 2.05) is 4.90 Å². The summed E-state index contributed by atoms with van der Waals surface area (Å²) in [4.78, 5) is 1.83. The van der Waals surface area contributed by atoms with Crippen LogP contribution in [0.4, 0.5) is 14.5 Å². The van der Waals surface area contributed by atoms with E-state index in [-0.39, 0.29) is 12.2 Å². The summed E-state index contributed by atoms with van der Waals surface area (Å²) in [6.45, 7) is 3.79. The normalized spacial score (nSPS) is 20.9. The molecule has 1 fully saturated rings. The molecule has 2 nitrogen and oxygen atoms in total. The van der Waals surface area contributed by atoms with Gasteiger partial charge in [-0.05, 0) is 42.9 Å². The SMILES string of the molecule is CC1CCCN(c2c(F)cc(CN)cc2F)CC1. The van der Waals surface area contributed by atoms with E-state index in [9.17, 15) is 8.78 Å². The van der Waals surface area contributed by atoms with E-state index in [0.29, 0.717) is 11.5 Å². The summed E-state index contributed by atoms with van der Waals surface area (Å²) in [5.41, 5.74) is 6.02. The molecule has 2 rings (SSSR count). The Morgan fingerprint density at radius 2 is 1.89 bits per heavy atom. The lowest BCUT2D eigenvalue weighted by atomic mass is 10.0. The molecule has 2 N–H and O–H groups in total. The number of hydrogen-bond donors (Lipinski definition) is 1. The summed E-state index contributed by atoms with van der Waals surface area (Å²) in [6.07, 6.45) is 3.09. The Balaban J connectivity index is 2.27. The molecule has 1 aliphatic rings. The molecule has 0 aromatic heterocycles. The number of benzene rings is 1. The van der Waals surface area contributed by atoms with Crippen LogP contribution in [0, 0.1) is 17.6 Å². The molecule has 0 aliphatic carbocycles. The second-order valence-corrected chi connectivity index (χ2v) is 5.14. The summed E-state index contributed by atoms with van der Waals surface area (Å²) in [6, 6.07) is 2.68. The monoisotopic (exact) mass is 254 g/mol. The Labute approximate surface area is 107 Å². The van der Waals surface area contributed by atoms with Gasteiger partial charge in [-0.25, -0.2) is 8.78 Å². The minimum absolute atomic E-state index is 0.112. The maximum absolute atomic E-state index is 14.0. The smallest absolute Gasteiger partial charge is 0.149 e. The van der Waals surface area contributed by atoms with Gasteiger partial charge in [-0.2, -0.15) is 0 Å². The molecule has 18 heavy (non-hydrogen) atoms. The average molecular weight is 254 g/mol. The van der Waals surface area contributed by atoms with Crippen molar-refractivity contribution in [2.45, 2.75) is 32.7 Å². The summed E-state index contributed by atoms with van der Waals surface area (Å²) in [5.74, 6) is -0.362. The lowest BCUT2D eigenvalue weighted by Crippen LogP contribution is -2.26. The van der Waals surface area contributed by atoms with E-state index in [0.717, 1.165) is 32.4 Å². The third-order valence-electron chi connectivity index (χ3n) is 3.65. The molecule has 1 heterocycles. The van der Waals surface area contributed by atoms with Crippen LogP contribution in [0.25, 0.3) is 0 Å². The van der Waals surface area contributed by atoms with E-state index in [1.54, 1.807) is 0 Å². The van der Waals surface area contributed by atoms with Crippen LogP contribution in [-0.4, -0.2) is 13.1 Å². The standard InChI is InChI=1S/C14H20F2N2/c1-10-3-2-5-18(6-4-10)14-12(15)7-11(9-17)8-13(14)16/h7-8,10H,2-6,9,17H2,1H3. The minimum Gasteiger partial charge on any atom is -0.367 e. The fraction of sp³-hybridized carbons (Fsp3) is 0.571. The van der Waals surface area contributed by atoms with E-state index in [4.69, 9.17) is 5.73 Å². The number of hydrogen-bond acceptors (Lipinski definition) is 2. The highest BCUT2D eigenvalue weighted by Crippen LogP contribution is 2.28. The topological polar surface area (TPSA) is 29.3 Å². The Morgan fingerprint density at radius 1 is 1.22 bits per heavy atom. The summed E-state index contributed by atoms with van der Waals surface area (Å²) in [5, 5.41) is 0. The molecule has 1 aromatic rings. The van der Waals surface area contributed by atoms with Crippen LogP contribution < -0.4 is 10.6 Å². The van der Waals surface area contributed by atoms with Crippen LogP contribution in [-0.2, 0) is 6.54 Å². The molecule has 100 valence electrons. The van der Waals surface area contributed by atoms with Gasteiger partial charge in [0.05, 0.1) is 0 Å². The summed E-state index contributed by atoms with van der Waals surface area (Å²) < 4.78 is 28.0. The van der Waals surface area contributed by atoms with E-state index in [1.165, 1.54) is 12.1 Å². The van der Waals surface area contributed by atoms with Crippen molar-refractivity contribution in [2.24, 2.45) is 11.7 Å². The van der Waals surface area contributed by atoms with Gasteiger partial charge in [0, 0.05) is 19.6 Å². The first kappa shape index (κ1) is 13.3. The van der Waals surface area contributed by atoms with Gasteiger partial charge in [0.25, 0.3) is 0 Å². The van der Waals surface area contributed by atoms with Crippen LogP contribution in [0.15, 0.2) is 12.1 Å². The lowest BCUT2D eigenvalue weighted by Gasteiger charge is -2.24. The van der Waals surface area contributed by atoms with Crippen molar-refractivity contribution < 1.29 is 8.78 Å². The second-order valence-electron chi connectivity index (χ2n) is 5.14. The maximum Gasteiger partial charge on any atom is 0.149 e. The Kier molecular flexibility index (Phi) is 4.17. The molecule has 4 heteroatoms. The van der Waals surface area contributed by atoms with Gasteiger partial charge in [0.1, 0.15) is 17.3 Å². The molecule has 0 radical (unpaired) electrons. The van der Waals surface area contributed by atoms with Crippen molar-refractivity contribution in [3.8, 4) is 0 Å². The largest absolute Gasteiger partial charge is 0.367 e. The van der Waals surface area contributed by atoms with Crippen LogP contribution in [0.1, 0.15) is 31.7 Å². The molecular weight excluding hydrogens is 234 g/mol. The van der Waals surface area contributed by atoms with Crippen LogP contribution >= 0.6 is 0 Å². The van der Waals surface area contributed by atoms with Crippen molar-refractivity contribution >= 4 is 5.69 Å². The van der Waals surface area contributed by atoms with Crippen LogP contribution in [0.5, 0.6) is 0 Å². The molecule has 1 saturated heterocycles. The van der Waals surface area contributed by atoms with Crippen molar-refractivity contribution in [3.05, 3.63) is 29.3 Å². The fourth-order valence-electron chi connectivity index (χ4n) is 2.52. The van der Waals surface area contributed by atoms with Gasteiger partial charge in [0.2, 0.25) is 0 Å². The highest BCUT2D eigenvalue weighted by Gasteiger charge is 2.20. The van der Waals surface area contributed by atoms with Crippen molar-refractivity contribution in [3.63, 3.8) is 0 Å². The van der Waals surface area contributed by atoms with Crippen LogP contribution in [0.2, 0.25) is 0 Å². The van der Waals surface area contributed by atoms with Gasteiger partial charge >= 0.3 is 0 Å². The predicted molar refractivity (Wildman–Crippen MR) is 69.5 cm³/mol. The van der Waals surface area contributed by atoms with Gasteiger partial charge < -0.3 is 10.6 Å². The maximum atomic E-state index is 14.0. The van der Waals surface area contributed by atoms with Crippen LogP contribution in [0.3, 0.4) is 0 Å². The number of nitrogens with two attached hydrogens (primary N) is 1. The molecule has 0 spiro atoms. The highest BCUT2D eigenvalue weighted by atomic mass is 19.1. The number of nitrogens with zero attached hydrogens (tertiary/aromatic N) is 1. The summed E-state index contributed by atoms with van der Waals surface area (Å²) >= 11 is 0. The minimum atomic E-state index is -0.495. The number of anilines is 1.